The molecule has 0 aromatic carbocycles. The van der Waals surface area contributed by atoms with Gasteiger partial charge in [0.25, 0.3) is 0 Å². The minimum absolute atomic E-state index is 0.160. The number of β-amino-alcohol motifs (C(OH)–C–C–N with tert-alkyl or cyclic N) is 1. The van der Waals surface area contributed by atoms with Crippen LogP contribution in [0, 0.1) is 5.92 Å². The van der Waals surface area contributed by atoms with Gasteiger partial charge in [0.15, 0.2) is 0 Å². The van der Waals surface area contributed by atoms with Gasteiger partial charge in [-0.05, 0) is 32.2 Å². The highest BCUT2D eigenvalue weighted by atomic mass is 16.3. The van der Waals surface area contributed by atoms with Crippen LogP contribution in [-0.4, -0.2) is 58.2 Å². The zero-order valence-corrected chi connectivity index (χ0v) is 10.5. The number of aliphatic hydroxyl groups excluding tert-OH is 3. The molecule has 1 aliphatic heterocycles. The van der Waals surface area contributed by atoms with Gasteiger partial charge >= 0.3 is 0 Å². The van der Waals surface area contributed by atoms with Crippen molar-refractivity contribution in [2.24, 2.45) is 5.92 Å². The van der Waals surface area contributed by atoms with Crippen molar-refractivity contribution in [3.8, 4) is 0 Å². The second-order valence-corrected chi connectivity index (χ2v) is 5.56. The van der Waals surface area contributed by atoms with E-state index in [1.165, 1.54) is 6.42 Å². The van der Waals surface area contributed by atoms with Crippen LogP contribution < -0.4 is 0 Å². The Morgan fingerprint density at radius 2 is 1.94 bits per heavy atom. The average molecular weight is 243 g/mol. The van der Waals surface area contributed by atoms with Crippen molar-refractivity contribution in [1.29, 1.82) is 0 Å². The van der Waals surface area contributed by atoms with Crippen LogP contribution in [0.25, 0.3) is 0 Å². The molecular weight excluding hydrogens is 218 g/mol. The van der Waals surface area contributed by atoms with Crippen molar-refractivity contribution in [3.05, 3.63) is 0 Å². The molecule has 3 N–H and O–H groups in total. The van der Waals surface area contributed by atoms with Crippen molar-refractivity contribution in [3.63, 3.8) is 0 Å². The number of piperidine rings is 1. The number of likely N-dealkylation sites (tertiary alicyclic amines) is 1. The maximum Gasteiger partial charge on any atom is 0.0897 e. The van der Waals surface area contributed by atoms with Crippen molar-refractivity contribution in [2.45, 2.75) is 56.8 Å². The Balaban J connectivity index is 1.96. The fraction of sp³-hybridized carbons (Fsp3) is 1.00. The molecule has 2 fully saturated rings. The van der Waals surface area contributed by atoms with Gasteiger partial charge in [0.1, 0.15) is 0 Å². The Labute approximate surface area is 103 Å². The molecule has 100 valence electrons. The standard InChI is InChI=1S/C13H25NO3/c15-9-10(16)8-14-7-2-1-5-12(14)11-4-3-6-13(11)17/h10-13,15-17H,1-9H2. The fourth-order valence-electron chi connectivity index (χ4n) is 3.47. The Bertz CT molecular complexity index is 237. The quantitative estimate of drug-likeness (QED) is 0.667. The normalized spacial score (nSPS) is 37.2. The highest BCUT2D eigenvalue weighted by molar-refractivity contribution is 4.90. The van der Waals surface area contributed by atoms with E-state index in [9.17, 15) is 10.2 Å². The minimum atomic E-state index is -0.644. The number of hydrogen-bond acceptors (Lipinski definition) is 4. The smallest absolute Gasteiger partial charge is 0.0897 e. The zero-order chi connectivity index (χ0) is 12.3. The third-order valence-corrected chi connectivity index (χ3v) is 4.35. The van der Waals surface area contributed by atoms with Crippen LogP contribution in [-0.2, 0) is 0 Å². The lowest BCUT2D eigenvalue weighted by atomic mass is 9.87. The molecule has 1 saturated carbocycles. The summed E-state index contributed by atoms with van der Waals surface area (Å²) in [6.45, 7) is 1.37. The van der Waals surface area contributed by atoms with E-state index >= 15 is 0 Å². The Morgan fingerprint density at radius 1 is 1.12 bits per heavy atom. The fourth-order valence-corrected chi connectivity index (χ4v) is 3.47. The van der Waals surface area contributed by atoms with E-state index in [0.29, 0.717) is 18.5 Å². The summed E-state index contributed by atoms with van der Waals surface area (Å²) in [7, 11) is 0. The molecule has 4 heteroatoms. The maximum absolute atomic E-state index is 10.0. The number of nitrogens with zero attached hydrogens (tertiary/aromatic N) is 1. The summed E-state index contributed by atoms with van der Waals surface area (Å²) in [6.07, 6.45) is 5.87. The van der Waals surface area contributed by atoms with Crippen molar-refractivity contribution in [2.75, 3.05) is 19.7 Å². The third-order valence-electron chi connectivity index (χ3n) is 4.35. The Hall–Kier alpha value is -0.160. The summed E-state index contributed by atoms with van der Waals surface area (Å²) < 4.78 is 0. The van der Waals surface area contributed by atoms with Gasteiger partial charge in [-0.2, -0.15) is 0 Å². The lowest BCUT2D eigenvalue weighted by molar-refractivity contribution is -0.00404. The minimum Gasteiger partial charge on any atom is -0.394 e. The average Bonchev–Trinajstić information content (AvgIpc) is 2.76. The summed E-state index contributed by atoms with van der Waals surface area (Å²) in [5.74, 6) is 0.376. The van der Waals surface area contributed by atoms with Gasteiger partial charge in [-0.3, -0.25) is 4.90 Å². The molecule has 4 unspecified atom stereocenters. The summed E-state index contributed by atoms with van der Waals surface area (Å²) >= 11 is 0. The first-order valence-corrected chi connectivity index (χ1v) is 6.93. The van der Waals surface area contributed by atoms with Crippen LogP contribution in [0.4, 0.5) is 0 Å². The molecule has 0 radical (unpaired) electrons. The topological polar surface area (TPSA) is 63.9 Å². The molecule has 0 bridgehead atoms. The first-order valence-electron chi connectivity index (χ1n) is 6.93. The molecule has 1 heterocycles. The summed E-state index contributed by atoms with van der Waals surface area (Å²) in [5, 5.41) is 28.5. The molecule has 17 heavy (non-hydrogen) atoms. The van der Waals surface area contributed by atoms with E-state index in [0.717, 1.165) is 38.6 Å². The lowest BCUT2D eigenvalue weighted by Gasteiger charge is -2.41. The second-order valence-electron chi connectivity index (χ2n) is 5.56. The molecule has 2 aliphatic rings. The third kappa shape index (κ3) is 3.19. The molecule has 2 rings (SSSR count). The second kappa shape index (κ2) is 6.14. The first-order chi connectivity index (χ1) is 8.22. The molecular formula is C13H25NO3. The molecule has 1 saturated heterocycles. The molecule has 0 aromatic heterocycles. The van der Waals surface area contributed by atoms with Gasteiger partial charge in [-0.15, -0.1) is 0 Å². The molecule has 0 aromatic rings. The maximum atomic E-state index is 10.0. The lowest BCUT2D eigenvalue weighted by Crippen LogP contribution is -2.49. The number of rotatable bonds is 4. The monoisotopic (exact) mass is 243 g/mol. The largest absolute Gasteiger partial charge is 0.394 e. The highest BCUT2D eigenvalue weighted by Gasteiger charge is 2.37. The van der Waals surface area contributed by atoms with Crippen molar-refractivity contribution in [1.82, 2.24) is 4.90 Å². The van der Waals surface area contributed by atoms with Crippen LogP contribution in [0.3, 0.4) is 0 Å². The van der Waals surface area contributed by atoms with Crippen LogP contribution >= 0.6 is 0 Å². The van der Waals surface area contributed by atoms with Crippen LogP contribution in [0.15, 0.2) is 0 Å². The van der Waals surface area contributed by atoms with Gasteiger partial charge in [0, 0.05) is 18.5 Å². The van der Waals surface area contributed by atoms with Crippen LogP contribution in [0.5, 0.6) is 0 Å². The predicted octanol–water partition coefficient (Wildman–Crippen LogP) is 0.355. The van der Waals surface area contributed by atoms with E-state index in [2.05, 4.69) is 4.90 Å². The molecule has 4 nitrogen and oxygen atoms in total. The Kier molecular flexibility index (Phi) is 4.79. The Morgan fingerprint density at radius 3 is 2.59 bits per heavy atom. The molecule has 4 atom stereocenters. The van der Waals surface area contributed by atoms with E-state index < -0.39 is 6.10 Å². The predicted molar refractivity (Wildman–Crippen MR) is 65.7 cm³/mol. The summed E-state index contributed by atoms with van der Waals surface area (Å²) in [6, 6.07) is 0.405. The first kappa shape index (κ1) is 13.3. The summed E-state index contributed by atoms with van der Waals surface area (Å²) in [4.78, 5) is 2.28. The van der Waals surface area contributed by atoms with Gasteiger partial charge in [0.05, 0.1) is 18.8 Å². The van der Waals surface area contributed by atoms with E-state index in [1.54, 1.807) is 0 Å². The van der Waals surface area contributed by atoms with Gasteiger partial charge < -0.3 is 15.3 Å². The highest BCUT2D eigenvalue weighted by Crippen LogP contribution is 2.35. The summed E-state index contributed by atoms with van der Waals surface area (Å²) in [5.41, 5.74) is 0. The zero-order valence-electron chi connectivity index (χ0n) is 10.5. The van der Waals surface area contributed by atoms with E-state index in [1.807, 2.05) is 0 Å². The van der Waals surface area contributed by atoms with E-state index in [-0.39, 0.29) is 12.7 Å². The van der Waals surface area contributed by atoms with Crippen molar-refractivity contribution < 1.29 is 15.3 Å². The van der Waals surface area contributed by atoms with E-state index in [4.69, 9.17) is 5.11 Å². The molecule has 0 spiro atoms. The SMILES string of the molecule is OCC(O)CN1CCCCC1C1CCCC1O. The van der Waals surface area contributed by atoms with Gasteiger partial charge in [0.2, 0.25) is 0 Å². The van der Waals surface area contributed by atoms with Crippen molar-refractivity contribution >= 4 is 0 Å². The van der Waals surface area contributed by atoms with Crippen LogP contribution in [0.2, 0.25) is 0 Å². The van der Waals surface area contributed by atoms with Crippen LogP contribution in [0.1, 0.15) is 38.5 Å². The molecule has 0 amide bonds. The molecule has 1 aliphatic carbocycles. The number of aliphatic hydroxyl groups is 3. The van der Waals surface area contributed by atoms with Gasteiger partial charge in [-0.1, -0.05) is 12.8 Å². The van der Waals surface area contributed by atoms with Gasteiger partial charge in [-0.25, -0.2) is 0 Å². The number of hydrogen-bond donors (Lipinski definition) is 3.